The summed E-state index contributed by atoms with van der Waals surface area (Å²) >= 11 is 7.68. The zero-order valence-electron chi connectivity index (χ0n) is 15.0. The highest BCUT2D eigenvalue weighted by Crippen LogP contribution is 2.33. The number of fused-ring (bicyclic) bond motifs is 1. The number of carbonyl (C=O) groups is 1. The average molecular weight is 403 g/mol. The Balaban J connectivity index is 2.42. The summed E-state index contributed by atoms with van der Waals surface area (Å²) in [5.74, 6) is -0.939. The Morgan fingerprint density at radius 3 is 2.70 bits per heavy atom. The highest BCUT2D eigenvalue weighted by molar-refractivity contribution is 7.98. The molecular weight excluding hydrogens is 384 g/mol. The van der Waals surface area contributed by atoms with Crippen molar-refractivity contribution in [2.75, 3.05) is 6.26 Å². The summed E-state index contributed by atoms with van der Waals surface area (Å²) in [6.45, 7) is 2.34. The molecule has 5 nitrogen and oxygen atoms in total. The number of halogens is 1. The Morgan fingerprint density at radius 2 is 2.07 bits per heavy atom. The Kier molecular flexibility index (Phi) is 5.87. The predicted molar refractivity (Wildman–Crippen MR) is 110 cm³/mol. The van der Waals surface area contributed by atoms with Gasteiger partial charge in [0.1, 0.15) is 5.65 Å². The predicted octanol–water partition coefficient (Wildman–Crippen LogP) is 4.48. The van der Waals surface area contributed by atoms with Gasteiger partial charge in [-0.3, -0.25) is 14.2 Å². The first-order chi connectivity index (χ1) is 13.0. The van der Waals surface area contributed by atoms with Gasteiger partial charge in [-0.05, 0) is 49.4 Å². The lowest BCUT2D eigenvalue weighted by Crippen LogP contribution is -2.26. The Hall–Kier alpha value is -2.31. The van der Waals surface area contributed by atoms with E-state index in [1.54, 1.807) is 16.7 Å². The zero-order chi connectivity index (χ0) is 19.6. The molecule has 140 valence electrons. The average Bonchev–Trinajstić information content (AvgIpc) is 2.65. The maximum Gasteiger partial charge on any atom is 0.303 e. The van der Waals surface area contributed by atoms with Gasteiger partial charge in [0.05, 0.1) is 5.03 Å². The van der Waals surface area contributed by atoms with Crippen molar-refractivity contribution < 1.29 is 9.90 Å². The highest BCUT2D eigenvalue weighted by atomic mass is 35.5. The van der Waals surface area contributed by atoms with Crippen molar-refractivity contribution in [3.05, 3.63) is 57.3 Å². The number of hydrogen-bond acceptors (Lipinski definition) is 4. The van der Waals surface area contributed by atoms with Crippen LogP contribution in [0.1, 0.15) is 18.9 Å². The Bertz CT molecular complexity index is 1080. The first-order valence-corrected chi connectivity index (χ1v) is 10.1. The fourth-order valence-electron chi connectivity index (χ4n) is 3.21. The van der Waals surface area contributed by atoms with Gasteiger partial charge in [0.25, 0.3) is 5.56 Å². The molecule has 2 aromatic heterocycles. The first kappa shape index (κ1) is 19.5. The highest BCUT2D eigenvalue weighted by Gasteiger charge is 2.19. The largest absolute Gasteiger partial charge is 0.481 e. The van der Waals surface area contributed by atoms with Crippen LogP contribution in [0, 0.1) is 0 Å². The van der Waals surface area contributed by atoms with Crippen molar-refractivity contribution >= 4 is 40.4 Å². The number of aliphatic carboxylic acids is 1. The van der Waals surface area contributed by atoms with Crippen molar-refractivity contribution in [1.29, 1.82) is 0 Å². The van der Waals surface area contributed by atoms with Crippen LogP contribution < -0.4 is 5.56 Å². The number of aryl methyl sites for hydroxylation is 1. The third kappa shape index (κ3) is 3.87. The van der Waals surface area contributed by atoms with Crippen LogP contribution in [-0.4, -0.2) is 26.9 Å². The summed E-state index contributed by atoms with van der Waals surface area (Å²) in [7, 11) is 0. The van der Waals surface area contributed by atoms with E-state index in [0.29, 0.717) is 28.3 Å². The van der Waals surface area contributed by atoms with Crippen LogP contribution in [0.3, 0.4) is 0 Å². The molecule has 0 aliphatic carbocycles. The van der Waals surface area contributed by atoms with Crippen molar-refractivity contribution in [1.82, 2.24) is 9.55 Å². The van der Waals surface area contributed by atoms with E-state index in [9.17, 15) is 9.59 Å². The van der Waals surface area contributed by atoms with Gasteiger partial charge in [0.15, 0.2) is 0 Å². The number of nitrogens with zero attached hydrogens (tertiary/aromatic N) is 2. The van der Waals surface area contributed by atoms with Crippen LogP contribution in [-0.2, 0) is 17.8 Å². The summed E-state index contributed by atoms with van der Waals surface area (Å²) in [6.07, 6.45) is 1.96. The van der Waals surface area contributed by atoms with Crippen LogP contribution in [0.4, 0.5) is 0 Å². The molecule has 1 N–H and O–H groups in total. The summed E-state index contributed by atoms with van der Waals surface area (Å²) < 4.78 is 1.61. The number of pyridine rings is 2. The third-order valence-electron chi connectivity index (χ3n) is 4.41. The lowest BCUT2D eigenvalue weighted by molar-refractivity contribution is -0.136. The SMILES string of the molecule is CCn1c(=O)c(CCC(=O)O)c(-c2cccc(Cl)c2)c2ccc(SC)nc21. The molecule has 0 spiro atoms. The molecule has 0 aliphatic rings. The Labute approximate surface area is 166 Å². The standard InChI is InChI=1S/C20H19ClN2O3S/c1-3-23-19-14(7-9-16(22-19)27-2)18(12-5-4-6-13(21)11-12)15(20(23)26)8-10-17(24)25/h4-7,9,11H,3,8,10H2,1-2H3,(H,24,25). The van der Waals surface area contributed by atoms with Crippen molar-refractivity contribution in [3.8, 4) is 11.1 Å². The molecule has 1 aromatic carbocycles. The number of hydrogen-bond donors (Lipinski definition) is 1. The second-order valence-electron chi connectivity index (χ2n) is 6.03. The van der Waals surface area contributed by atoms with Crippen LogP contribution >= 0.6 is 23.4 Å². The quantitative estimate of drug-likeness (QED) is 0.615. The van der Waals surface area contributed by atoms with Crippen molar-refractivity contribution in [2.24, 2.45) is 0 Å². The van der Waals surface area contributed by atoms with Gasteiger partial charge in [-0.2, -0.15) is 0 Å². The molecule has 7 heteroatoms. The molecule has 0 amide bonds. The van der Waals surface area contributed by atoms with Gasteiger partial charge in [0.2, 0.25) is 0 Å². The van der Waals surface area contributed by atoms with Gasteiger partial charge in [-0.1, -0.05) is 23.7 Å². The maximum absolute atomic E-state index is 13.2. The minimum Gasteiger partial charge on any atom is -0.481 e. The van der Waals surface area contributed by atoms with Crippen LogP contribution in [0.5, 0.6) is 0 Å². The summed E-state index contributed by atoms with van der Waals surface area (Å²) in [4.78, 5) is 29.0. The van der Waals surface area contributed by atoms with E-state index in [-0.39, 0.29) is 18.4 Å². The normalized spacial score (nSPS) is 11.1. The van der Waals surface area contributed by atoms with Gasteiger partial charge < -0.3 is 5.11 Å². The minimum atomic E-state index is -0.939. The molecular formula is C20H19ClN2O3S. The summed E-state index contributed by atoms with van der Waals surface area (Å²) in [5, 5.41) is 11.3. The summed E-state index contributed by atoms with van der Waals surface area (Å²) in [6, 6.07) is 11.1. The van der Waals surface area contributed by atoms with E-state index in [1.165, 1.54) is 11.8 Å². The molecule has 0 atom stereocenters. The molecule has 3 aromatic rings. The molecule has 0 saturated carbocycles. The lowest BCUT2D eigenvalue weighted by atomic mass is 9.94. The molecule has 0 fully saturated rings. The zero-order valence-corrected chi connectivity index (χ0v) is 16.6. The van der Waals surface area contributed by atoms with Crippen LogP contribution in [0.2, 0.25) is 5.02 Å². The van der Waals surface area contributed by atoms with E-state index in [1.807, 2.05) is 37.4 Å². The number of aromatic nitrogens is 2. The molecule has 0 unspecified atom stereocenters. The fourth-order valence-corrected chi connectivity index (χ4v) is 3.78. The van der Waals surface area contributed by atoms with Gasteiger partial charge in [-0.15, -0.1) is 11.8 Å². The van der Waals surface area contributed by atoms with E-state index < -0.39 is 5.97 Å². The van der Waals surface area contributed by atoms with E-state index in [4.69, 9.17) is 16.7 Å². The Morgan fingerprint density at radius 1 is 1.30 bits per heavy atom. The van der Waals surface area contributed by atoms with Crippen molar-refractivity contribution in [3.63, 3.8) is 0 Å². The molecule has 3 rings (SSSR count). The second kappa shape index (κ2) is 8.15. The first-order valence-electron chi connectivity index (χ1n) is 8.54. The fraction of sp³-hybridized carbons (Fsp3) is 0.250. The third-order valence-corrected chi connectivity index (χ3v) is 5.29. The molecule has 0 radical (unpaired) electrons. The monoisotopic (exact) mass is 402 g/mol. The topological polar surface area (TPSA) is 72.2 Å². The second-order valence-corrected chi connectivity index (χ2v) is 7.29. The lowest BCUT2D eigenvalue weighted by Gasteiger charge is -2.17. The number of thioether (sulfide) groups is 1. The van der Waals surface area contributed by atoms with E-state index in [0.717, 1.165) is 16.0 Å². The van der Waals surface area contributed by atoms with Gasteiger partial charge in [-0.25, -0.2) is 4.98 Å². The molecule has 2 heterocycles. The van der Waals surface area contributed by atoms with Gasteiger partial charge in [0, 0.05) is 34.5 Å². The molecule has 0 bridgehead atoms. The van der Waals surface area contributed by atoms with E-state index in [2.05, 4.69) is 4.98 Å². The summed E-state index contributed by atoms with van der Waals surface area (Å²) in [5.41, 5.74) is 2.37. The van der Waals surface area contributed by atoms with Gasteiger partial charge >= 0.3 is 5.97 Å². The van der Waals surface area contributed by atoms with Crippen LogP contribution in [0.15, 0.2) is 46.2 Å². The molecule has 0 aliphatic heterocycles. The number of carboxylic acid groups (broad SMARTS) is 1. The number of carboxylic acids is 1. The minimum absolute atomic E-state index is 0.117. The number of benzene rings is 1. The van der Waals surface area contributed by atoms with Crippen molar-refractivity contribution in [2.45, 2.75) is 31.3 Å². The van der Waals surface area contributed by atoms with Crippen LogP contribution in [0.25, 0.3) is 22.2 Å². The smallest absolute Gasteiger partial charge is 0.303 e. The number of rotatable bonds is 6. The van der Waals surface area contributed by atoms with E-state index >= 15 is 0 Å². The maximum atomic E-state index is 13.2. The molecule has 0 saturated heterocycles. The molecule has 27 heavy (non-hydrogen) atoms.